The van der Waals surface area contributed by atoms with Gasteiger partial charge in [-0.2, -0.15) is 0 Å². The van der Waals surface area contributed by atoms with Crippen LogP contribution in [0.2, 0.25) is 19.6 Å². The summed E-state index contributed by atoms with van der Waals surface area (Å²) in [6, 6.07) is 0. The zero-order chi connectivity index (χ0) is 8.65. The molecule has 1 aromatic rings. The molecule has 4 heteroatoms. The molecule has 1 aromatic heterocycles. The number of hydrogen-bond donors (Lipinski definition) is 0. The second kappa shape index (κ2) is 2.60. The molecule has 0 aliphatic carbocycles. The highest BCUT2D eigenvalue weighted by atomic mass is 32.1. The van der Waals surface area contributed by atoms with E-state index in [-0.39, 0.29) is 0 Å². The van der Waals surface area contributed by atoms with E-state index in [4.69, 9.17) is 12.2 Å². The molecule has 0 saturated carbocycles. The lowest BCUT2D eigenvalue weighted by Gasteiger charge is -2.17. The summed E-state index contributed by atoms with van der Waals surface area (Å²) in [5, 5.41) is 0. The number of imidazole rings is 1. The molecule has 1 rings (SSSR count). The van der Waals surface area contributed by atoms with E-state index in [1.807, 2.05) is 17.8 Å². The van der Waals surface area contributed by atoms with E-state index in [2.05, 4.69) is 30.1 Å². The molecule has 0 aliphatic heterocycles. The van der Waals surface area contributed by atoms with Crippen molar-refractivity contribution in [1.82, 2.24) is 8.80 Å². The highest BCUT2D eigenvalue weighted by Gasteiger charge is 2.16. The maximum Gasteiger partial charge on any atom is 0.171 e. The molecule has 0 N–H and O–H groups in total. The zero-order valence-electron chi connectivity index (χ0n) is 7.46. The van der Waals surface area contributed by atoms with Gasteiger partial charge in [-0.1, -0.05) is 19.6 Å². The third-order valence-corrected chi connectivity index (χ3v) is 4.12. The molecule has 1 heterocycles. The number of nitrogens with zero attached hydrogens (tertiary/aromatic N) is 2. The summed E-state index contributed by atoms with van der Waals surface area (Å²) < 4.78 is 5.14. The fraction of sp³-hybridized carbons (Fsp3) is 0.571. The first-order chi connectivity index (χ1) is 4.93. The largest absolute Gasteiger partial charge is 0.352 e. The van der Waals surface area contributed by atoms with Crippen LogP contribution in [-0.4, -0.2) is 17.0 Å². The maximum atomic E-state index is 5.24. The van der Waals surface area contributed by atoms with Crippen molar-refractivity contribution in [1.29, 1.82) is 0 Å². The summed E-state index contributed by atoms with van der Waals surface area (Å²) in [7, 11) is 0.720. The van der Waals surface area contributed by atoms with Crippen LogP contribution in [0.1, 0.15) is 0 Å². The van der Waals surface area contributed by atoms with Crippen molar-refractivity contribution in [2.24, 2.45) is 7.05 Å². The molecular weight excluding hydrogens is 172 g/mol. The third kappa shape index (κ3) is 1.62. The Kier molecular flexibility index (Phi) is 2.07. The van der Waals surface area contributed by atoms with Gasteiger partial charge >= 0.3 is 0 Å². The molecular formula is C7H14N2SSi. The van der Waals surface area contributed by atoms with Gasteiger partial charge in [0.2, 0.25) is 0 Å². The van der Waals surface area contributed by atoms with E-state index >= 15 is 0 Å². The molecule has 0 radical (unpaired) electrons. The van der Waals surface area contributed by atoms with Gasteiger partial charge in [-0.3, -0.25) is 0 Å². The maximum absolute atomic E-state index is 5.24. The molecule has 0 amide bonds. The highest BCUT2D eigenvalue weighted by Crippen LogP contribution is 2.07. The standard InChI is InChI=1S/C7H14N2SSi/c1-8-5-6-9(7(8)10)11(2,3)4/h5-6H,1-4H3. The summed E-state index contributed by atoms with van der Waals surface area (Å²) in [5.41, 5.74) is 0. The predicted molar refractivity (Wildman–Crippen MR) is 53.0 cm³/mol. The summed E-state index contributed by atoms with van der Waals surface area (Å²) in [4.78, 5) is 0. The monoisotopic (exact) mass is 186 g/mol. The lowest BCUT2D eigenvalue weighted by molar-refractivity contribution is 0.875. The number of rotatable bonds is 1. The minimum absolute atomic E-state index is 0.934. The quantitative estimate of drug-likeness (QED) is 0.483. The molecule has 0 aromatic carbocycles. The van der Waals surface area contributed by atoms with E-state index in [9.17, 15) is 0 Å². The molecule has 0 bridgehead atoms. The van der Waals surface area contributed by atoms with Crippen molar-refractivity contribution in [2.45, 2.75) is 19.6 Å². The van der Waals surface area contributed by atoms with Crippen LogP contribution in [0, 0.1) is 4.77 Å². The zero-order valence-corrected chi connectivity index (χ0v) is 9.27. The second-order valence-corrected chi connectivity index (χ2v) is 8.92. The molecule has 0 spiro atoms. The Morgan fingerprint density at radius 1 is 1.27 bits per heavy atom. The average Bonchev–Trinajstić information content (AvgIpc) is 2.11. The van der Waals surface area contributed by atoms with Crippen LogP contribution in [0.5, 0.6) is 0 Å². The topological polar surface area (TPSA) is 9.86 Å². The minimum atomic E-state index is -1.27. The Morgan fingerprint density at radius 2 is 1.82 bits per heavy atom. The number of hydrogen-bond acceptors (Lipinski definition) is 1. The van der Waals surface area contributed by atoms with Crippen LogP contribution in [0.3, 0.4) is 0 Å². The Balaban J connectivity index is 3.27. The van der Waals surface area contributed by atoms with Crippen LogP contribution >= 0.6 is 12.2 Å². The van der Waals surface area contributed by atoms with Gasteiger partial charge in [-0.25, -0.2) is 0 Å². The number of aryl methyl sites for hydroxylation is 1. The van der Waals surface area contributed by atoms with Crippen molar-refractivity contribution in [3.63, 3.8) is 0 Å². The van der Waals surface area contributed by atoms with Crippen molar-refractivity contribution >= 4 is 20.5 Å². The van der Waals surface area contributed by atoms with Crippen molar-refractivity contribution in [2.75, 3.05) is 0 Å². The molecule has 0 aliphatic rings. The van der Waals surface area contributed by atoms with Crippen LogP contribution in [0.15, 0.2) is 12.4 Å². The summed E-state index contributed by atoms with van der Waals surface area (Å²) in [5.74, 6) is 0. The van der Waals surface area contributed by atoms with E-state index in [1.54, 1.807) is 0 Å². The SMILES string of the molecule is Cn1ccn([Si](C)(C)C)c1=S. The Bertz CT molecular complexity index is 305. The summed E-state index contributed by atoms with van der Waals surface area (Å²) >= 11 is 5.24. The first kappa shape index (κ1) is 8.74. The van der Waals surface area contributed by atoms with Gasteiger partial charge in [0.25, 0.3) is 0 Å². The highest BCUT2D eigenvalue weighted by molar-refractivity contribution is 7.71. The summed E-state index contributed by atoms with van der Waals surface area (Å²) in [6.45, 7) is 6.84. The molecule has 2 nitrogen and oxygen atoms in total. The molecule has 0 atom stereocenters. The fourth-order valence-corrected chi connectivity index (χ4v) is 3.16. The smallest absolute Gasteiger partial charge is 0.171 e. The van der Waals surface area contributed by atoms with Gasteiger partial charge in [0.1, 0.15) is 0 Å². The number of aromatic nitrogens is 2. The lowest BCUT2D eigenvalue weighted by Crippen LogP contribution is -2.31. The van der Waals surface area contributed by atoms with Gasteiger partial charge in [0, 0.05) is 19.4 Å². The predicted octanol–water partition coefficient (Wildman–Crippen LogP) is 2.24. The normalized spacial score (nSPS) is 12.0. The molecule has 62 valence electrons. The minimum Gasteiger partial charge on any atom is -0.352 e. The van der Waals surface area contributed by atoms with Crippen LogP contribution < -0.4 is 0 Å². The van der Waals surface area contributed by atoms with Crippen molar-refractivity contribution < 1.29 is 0 Å². The summed E-state index contributed by atoms with van der Waals surface area (Å²) in [6.07, 6.45) is 4.09. The van der Waals surface area contributed by atoms with Gasteiger partial charge in [0.15, 0.2) is 13.0 Å². The van der Waals surface area contributed by atoms with Crippen LogP contribution in [0.25, 0.3) is 0 Å². The van der Waals surface area contributed by atoms with Gasteiger partial charge in [-0.05, 0) is 12.2 Å². The van der Waals surface area contributed by atoms with E-state index in [0.717, 1.165) is 4.77 Å². The Hall–Kier alpha value is -0.353. The third-order valence-electron chi connectivity index (χ3n) is 1.67. The van der Waals surface area contributed by atoms with Gasteiger partial charge in [0.05, 0.1) is 0 Å². The van der Waals surface area contributed by atoms with E-state index < -0.39 is 8.24 Å². The van der Waals surface area contributed by atoms with Crippen molar-refractivity contribution in [3.05, 3.63) is 17.2 Å². The first-order valence-corrected chi connectivity index (χ1v) is 7.53. The molecule has 11 heavy (non-hydrogen) atoms. The lowest BCUT2D eigenvalue weighted by atomic mass is 10.9. The van der Waals surface area contributed by atoms with Crippen LogP contribution in [-0.2, 0) is 7.05 Å². The van der Waals surface area contributed by atoms with Gasteiger partial charge < -0.3 is 8.80 Å². The Labute approximate surface area is 73.6 Å². The van der Waals surface area contributed by atoms with E-state index in [1.165, 1.54) is 0 Å². The fourth-order valence-electron chi connectivity index (χ4n) is 0.975. The Morgan fingerprint density at radius 3 is 2.00 bits per heavy atom. The molecule has 0 saturated heterocycles. The average molecular weight is 186 g/mol. The van der Waals surface area contributed by atoms with Crippen LogP contribution in [0.4, 0.5) is 0 Å². The molecule has 0 fully saturated rings. The second-order valence-electron chi connectivity index (χ2n) is 3.73. The van der Waals surface area contributed by atoms with E-state index in [0.29, 0.717) is 0 Å². The van der Waals surface area contributed by atoms with Crippen molar-refractivity contribution in [3.8, 4) is 0 Å². The molecule has 0 unspecified atom stereocenters. The van der Waals surface area contributed by atoms with Gasteiger partial charge in [-0.15, -0.1) is 0 Å². The first-order valence-electron chi connectivity index (χ1n) is 3.67.